The number of rotatable bonds is 4. The topological polar surface area (TPSA) is 67.4 Å². The number of methoxy groups -OCH3 is 1. The number of hydrogen-bond acceptors (Lipinski definition) is 4. The van der Waals surface area contributed by atoms with E-state index in [1.54, 1.807) is 25.3 Å². The molecule has 0 saturated carbocycles. The van der Waals surface area contributed by atoms with E-state index in [4.69, 9.17) is 4.74 Å². The molecule has 1 aliphatic rings. The zero-order valence-corrected chi connectivity index (χ0v) is 14.3. The summed E-state index contributed by atoms with van der Waals surface area (Å²) >= 11 is 3.30. The molecule has 1 aromatic rings. The van der Waals surface area contributed by atoms with Crippen LogP contribution >= 0.6 is 28.3 Å². The van der Waals surface area contributed by atoms with Gasteiger partial charge in [0.05, 0.1) is 16.5 Å². The fraction of sp³-hybridized carbons (Fsp3) is 0.500. The van der Waals surface area contributed by atoms with Crippen LogP contribution < -0.4 is 14.8 Å². The first-order chi connectivity index (χ1) is 9.03. The molecule has 0 aromatic heterocycles. The molecule has 1 heterocycles. The van der Waals surface area contributed by atoms with Gasteiger partial charge in [-0.05, 0) is 53.5 Å². The molecule has 2 rings (SSSR count). The van der Waals surface area contributed by atoms with Crippen molar-refractivity contribution in [1.82, 2.24) is 10.0 Å². The van der Waals surface area contributed by atoms with Crippen molar-refractivity contribution in [3.8, 4) is 5.75 Å². The first-order valence-electron chi connectivity index (χ1n) is 6.09. The Morgan fingerprint density at radius 1 is 1.45 bits per heavy atom. The lowest BCUT2D eigenvalue weighted by Crippen LogP contribution is -2.45. The number of nitrogens with one attached hydrogen (secondary N) is 2. The molecule has 0 radical (unpaired) electrons. The van der Waals surface area contributed by atoms with E-state index in [0.717, 1.165) is 19.4 Å². The zero-order valence-electron chi connectivity index (χ0n) is 11.1. The van der Waals surface area contributed by atoms with Crippen LogP contribution in [0.4, 0.5) is 0 Å². The lowest BCUT2D eigenvalue weighted by Gasteiger charge is -2.23. The first-order valence-corrected chi connectivity index (χ1v) is 8.37. The predicted molar refractivity (Wildman–Crippen MR) is 84.2 cm³/mol. The Bertz CT molecular complexity index is 548. The summed E-state index contributed by atoms with van der Waals surface area (Å²) in [6.07, 6.45) is 1.85. The van der Waals surface area contributed by atoms with E-state index in [2.05, 4.69) is 26.0 Å². The van der Waals surface area contributed by atoms with E-state index in [1.807, 2.05) is 0 Å². The number of sulfonamides is 1. The lowest BCUT2D eigenvalue weighted by molar-refractivity contribution is 0.411. The third-order valence-corrected chi connectivity index (χ3v) is 5.19. The van der Waals surface area contributed by atoms with Gasteiger partial charge >= 0.3 is 0 Å². The van der Waals surface area contributed by atoms with Gasteiger partial charge in [0.15, 0.2) is 0 Å². The average molecular weight is 386 g/mol. The van der Waals surface area contributed by atoms with Crippen molar-refractivity contribution in [2.24, 2.45) is 0 Å². The highest BCUT2D eigenvalue weighted by molar-refractivity contribution is 9.10. The number of hydrogen-bond donors (Lipinski definition) is 2. The van der Waals surface area contributed by atoms with Crippen molar-refractivity contribution in [3.63, 3.8) is 0 Å². The molecule has 1 fully saturated rings. The Balaban J connectivity index is 0.00000200. The van der Waals surface area contributed by atoms with Crippen molar-refractivity contribution >= 4 is 38.4 Å². The van der Waals surface area contributed by atoms with Crippen LogP contribution in [-0.2, 0) is 10.0 Å². The summed E-state index contributed by atoms with van der Waals surface area (Å²) in [4.78, 5) is 0.241. The quantitative estimate of drug-likeness (QED) is 0.831. The van der Waals surface area contributed by atoms with E-state index in [-0.39, 0.29) is 23.3 Å². The minimum Gasteiger partial charge on any atom is -0.496 e. The van der Waals surface area contributed by atoms with Crippen molar-refractivity contribution in [2.45, 2.75) is 23.8 Å². The molecule has 5 nitrogen and oxygen atoms in total. The summed E-state index contributed by atoms with van der Waals surface area (Å²) in [5.41, 5.74) is 0. The third kappa shape index (κ3) is 4.33. The highest BCUT2D eigenvalue weighted by Crippen LogP contribution is 2.27. The Morgan fingerprint density at radius 2 is 2.20 bits per heavy atom. The Kier molecular flexibility index (Phi) is 6.74. The molecule has 1 atom stereocenters. The van der Waals surface area contributed by atoms with E-state index in [9.17, 15) is 8.42 Å². The molecule has 2 N–H and O–H groups in total. The second-order valence-electron chi connectivity index (χ2n) is 4.46. The molecular weight excluding hydrogens is 368 g/mol. The smallest absolute Gasteiger partial charge is 0.240 e. The van der Waals surface area contributed by atoms with E-state index < -0.39 is 10.0 Å². The second-order valence-corrected chi connectivity index (χ2v) is 7.03. The lowest BCUT2D eigenvalue weighted by atomic mass is 10.1. The van der Waals surface area contributed by atoms with Gasteiger partial charge in [-0.3, -0.25) is 0 Å². The summed E-state index contributed by atoms with van der Waals surface area (Å²) in [6.45, 7) is 1.63. The van der Waals surface area contributed by atoms with Gasteiger partial charge in [-0.1, -0.05) is 0 Å². The second kappa shape index (κ2) is 7.61. The van der Waals surface area contributed by atoms with Crippen molar-refractivity contribution in [2.75, 3.05) is 20.2 Å². The summed E-state index contributed by atoms with van der Waals surface area (Å²) in [5, 5.41) is 3.18. The highest BCUT2D eigenvalue weighted by atomic mass is 79.9. The van der Waals surface area contributed by atoms with Crippen LogP contribution in [0.2, 0.25) is 0 Å². The van der Waals surface area contributed by atoms with E-state index >= 15 is 0 Å². The van der Waals surface area contributed by atoms with E-state index in [0.29, 0.717) is 16.8 Å². The van der Waals surface area contributed by atoms with Gasteiger partial charge in [0.2, 0.25) is 10.0 Å². The van der Waals surface area contributed by atoms with Crippen molar-refractivity contribution < 1.29 is 13.2 Å². The van der Waals surface area contributed by atoms with Crippen LogP contribution in [0.25, 0.3) is 0 Å². The van der Waals surface area contributed by atoms with Gasteiger partial charge in [-0.25, -0.2) is 13.1 Å². The summed E-state index contributed by atoms with van der Waals surface area (Å²) < 4.78 is 32.9. The predicted octanol–water partition coefficient (Wildman–Crippen LogP) is 1.91. The van der Waals surface area contributed by atoms with Crippen LogP contribution in [0.3, 0.4) is 0 Å². The van der Waals surface area contributed by atoms with Crippen LogP contribution in [0.1, 0.15) is 12.8 Å². The minimum absolute atomic E-state index is 0. The summed E-state index contributed by atoms with van der Waals surface area (Å²) in [5.74, 6) is 0.610. The molecule has 1 saturated heterocycles. The minimum atomic E-state index is -3.48. The van der Waals surface area contributed by atoms with Gasteiger partial charge in [-0.2, -0.15) is 0 Å². The van der Waals surface area contributed by atoms with Crippen molar-refractivity contribution in [3.05, 3.63) is 22.7 Å². The van der Waals surface area contributed by atoms with Gasteiger partial charge < -0.3 is 10.1 Å². The molecular formula is C12H18BrClN2O3S. The maximum Gasteiger partial charge on any atom is 0.240 e. The molecule has 0 amide bonds. The normalized spacial score (nSPS) is 19.2. The zero-order chi connectivity index (χ0) is 13.9. The highest BCUT2D eigenvalue weighted by Gasteiger charge is 2.22. The Morgan fingerprint density at radius 3 is 2.75 bits per heavy atom. The monoisotopic (exact) mass is 384 g/mol. The largest absolute Gasteiger partial charge is 0.496 e. The fourth-order valence-corrected chi connectivity index (χ4v) is 4.04. The molecule has 114 valence electrons. The van der Waals surface area contributed by atoms with Gasteiger partial charge in [0.1, 0.15) is 5.75 Å². The maximum atomic E-state index is 12.3. The molecule has 1 aliphatic heterocycles. The molecule has 0 bridgehead atoms. The SMILES string of the molecule is COc1ccc(S(=O)(=O)N[C@@H]2CCCNC2)cc1Br.Cl. The number of ether oxygens (including phenoxy) is 1. The van der Waals surface area contributed by atoms with Crippen LogP contribution in [0.5, 0.6) is 5.75 Å². The standard InChI is InChI=1S/C12H17BrN2O3S.ClH/c1-18-12-5-4-10(7-11(12)13)19(16,17)15-9-3-2-6-14-8-9;/h4-5,7,9,14-15H,2-3,6,8H2,1H3;1H/t9-;/m1./s1. The average Bonchev–Trinajstić information content (AvgIpc) is 2.39. The van der Waals surface area contributed by atoms with Crippen molar-refractivity contribution in [1.29, 1.82) is 0 Å². The van der Waals surface area contributed by atoms with Crippen LogP contribution in [-0.4, -0.2) is 34.7 Å². The Hall–Kier alpha value is -0.340. The maximum absolute atomic E-state index is 12.3. The number of piperidine rings is 1. The third-order valence-electron chi connectivity index (χ3n) is 3.05. The molecule has 0 spiro atoms. The van der Waals surface area contributed by atoms with Crippen LogP contribution in [0.15, 0.2) is 27.6 Å². The molecule has 0 aliphatic carbocycles. The molecule has 20 heavy (non-hydrogen) atoms. The van der Waals surface area contributed by atoms with E-state index in [1.165, 1.54) is 0 Å². The summed E-state index contributed by atoms with van der Waals surface area (Å²) in [6, 6.07) is 4.69. The van der Waals surface area contributed by atoms with Gasteiger partial charge in [-0.15, -0.1) is 12.4 Å². The van der Waals surface area contributed by atoms with Gasteiger partial charge in [0.25, 0.3) is 0 Å². The fourth-order valence-electron chi connectivity index (χ4n) is 2.05. The molecule has 0 unspecified atom stereocenters. The summed E-state index contributed by atoms with van der Waals surface area (Å²) in [7, 11) is -1.94. The first kappa shape index (κ1) is 17.7. The van der Waals surface area contributed by atoms with Gasteiger partial charge in [0, 0.05) is 12.6 Å². The molecule has 1 aromatic carbocycles. The number of benzene rings is 1. The Labute approximate surface area is 134 Å². The molecule has 8 heteroatoms. The van der Waals surface area contributed by atoms with Crippen LogP contribution in [0, 0.1) is 0 Å². The number of halogens is 2.